The van der Waals surface area contributed by atoms with Crippen LogP contribution in [0.4, 0.5) is 0 Å². The van der Waals surface area contributed by atoms with Gasteiger partial charge in [-0.15, -0.1) is 0 Å². The molecular formula is C13H15NO. The molecule has 15 heavy (non-hydrogen) atoms. The zero-order valence-corrected chi connectivity index (χ0v) is 9.59. The molecule has 1 aromatic heterocycles. The van der Waals surface area contributed by atoms with Crippen LogP contribution in [0.15, 0.2) is 18.3 Å². The monoisotopic (exact) mass is 201 g/mol. The number of nitrogens with zero attached hydrogens (tertiary/aromatic N) is 1. The predicted molar refractivity (Wildman–Crippen MR) is 62.4 cm³/mol. The number of hydrogen-bond acceptors (Lipinski definition) is 1. The van der Waals surface area contributed by atoms with Gasteiger partial charge in [0.15, 0.2) is 0 Å². The van der Waals surface area contributed by atoms with E-state index in [1.807, 2.05) is 13.1 Å². The molecule has 78 valence electrons. The maximum absolute atomic E-state index is 11.5. The molecule has 0 radical (unpaired) electrons. The summed E-state index contributed by atoms with van der Waals surface area (Å²) in [5.41, 5.74) is 4.62. The summed E-state index contributed by atoms with van der Waals surface area (Å²) in [6.07, 6.45) is 1.92. The second-order valence-electron chi connectivity index (χ2n) is 4.18. The van der Waals surface area contributed by atoms with E-state index in [1.54, 1.807) is 11.5 Å². The molecular weight excluding hydrogens is 186 g/mol. The summed E-state index contributed by atoms with van der Waals surface area (Å²) in [5.74, 6) is 0.0677. The van der Waals surface area contributed by atoms with Crippen molar-refractivity contribution in [3.05, 3.63) is 35.0 Å². The maximum atomic E-state index is 11.5. The largest absolute Gasteiger partial charge is 0.287 e. The third kappa shape index (κ3) is 1.46. The molecule has 2 rings (SSSR count). The fourth-order valence-electron chi connectivity index (χ4n) is 2.24. The van der Waals surface area contributed by atoms with E-state index in [0.29, 0.717) is 0 Å². The molecule has 2 aromatic rings. The molecule has 0 saturated heterocycles. The standard InChI is InChI=1S/C13H15NO/c1-8-5-9(2)13-10(3)7-14(11(4)15)12(13)6-8/h5-7H,1-4H3. The molecule has 0 saturated carbocycles. The number of hydrogen-bond donors (Lipinski definition) is 0. The molecule has 1 aromatic carbocycles. The number of carbonyl (C=O) groups excluding carboxylic acids is 1. The van der Waals surface area contributed by atoms with Crippen LogP contribution >= 0.6 is 0 Å². The Kier molecular flexibility index (Phi) is 2.14. The van der Waals surface area contributed by atoms with E-state index < -0.39 is 0 Å². The molecule has 0 unspecified atom stereocenters. The highest BCUT2D eigenvalue weighted by molar-refractivity contribution is 5.95. The Labute approximate surface area is 89.5 Å². The van der Waals surface area contributed by atoms with Crippen molar-refractivity contribution in [3.63, 3.8) is 0 Å². The molecule has 0 amide bonds. The fourth-order valence-corrected chi connectivity index (χ4v) is 2.24. The Morgan fingerprint density at radius 2 is 1.80 bits per heavy atom. The van der Waals surface area contributed by atoms with Crippen molar-refractivity contribution in [3.8, 4) is 0 Å². The summed E-state index contributed by atoms with van der Waals surface area (Å²) < 4.78 is 1.73. The lowest BCUT2D eigenvalue weighted by atomic mass is 10.1. The molecule has 0 bridgehead atoms. The van der Waals surface area contributed by atoms with Crippen LogP contribution in [0.3, 0.4) is 0 Å². The number of rotatable bonds is 0. The van der Waals surface area contributed by atoms with E-state index in [1.165, 1.54) is 16.5 Å². The average molecular weight is 201 g/mol. The number of fused-ring (bicyclic) bond motifs is 1. The topological polar surface area (TPSA) is 22.0 Å². The number of benzene rings is 1. The van der Waals surface area contributed by atoms with Gasteiger partial charge in [-0.3, -0.25) is 9.36 Å². The van der Waals surface area contributed by atoms with Crippen LogP contribution in [0, 0.1) is 20.8 Å². The molecule has 0 spiro atoms. The maximum Gasteiger partial charge on any atom is 0.227 e. The van der Waals surface area contributed by atoms with Gasteiger partial charge in [0.1, 0.15) is 0 Å². The minimum Gasteiger partial charge on any atom is -0.287 e. The minimum absolute atomic E-state index is 0.0677. The summed E-state index contributed by atoms with van der Waals surface area (Å²) >= 11 is 0. The molecule has 0 aliphatic rings. The highest BCUT2D eigenvalue weighted by atomic mass is 16.1. The molecule has 2 heteroatoms. The van der Waals surface area contributed by atoms with Crippen LogP contribution in [0.1, 0.15) is 28.4 Å². The van der Waals surface area contributed by atoms with Gasteiger partial charge in [0.25, 0.3) is 0 Å². The third-order valence-corrected chi connectivity index (χ3v) is 2.77. The summed E-state index contributed by atoms with van der Waals surface area (Å²) in [4.78, 5) is 11.5. The van der Waals surface area contributed by atoms with Crippen molar-refractivity contribution in [1.29, 1.82) is 0 Å². The smallest absolute Gasteiger partial charge is 0.227 e. The predicted octanol–water partition coefficient (Wildman–Crippen LogP) is 3.23. The van der Waals surface area contributed by atoms with Crippen molar-refractivity contribution < 1.29 is 4.79 Å². The van der Waals surface area contributed by atoms with Crippen LogP contribution in [0.25, 0.3) is 10.9 Å². The fraction of sp³-hybridized carbons (Fsp3) is 0.308. The lowest BCUT2D eigenvalue weighted by Gasteiger charge is -2.03. The summed E-state index contributed by atoms with van der Waals surface area (Å²) in [7, 11) is 0. The molecule has 0 atom stereocenters. The van der Waals surface area contributed by atoms with E-state index >= 15 is 0 Å². The van der Waals surface area contributed by atoms with Crippen LogP contribution in [0.2, 0.25) is 0 Å². The van der Waals surface area contributed by atoms with Gasteiger partial charge in [-0.2, -0.15) is 0 Å². The molecule has 2 nitrogen and oxygen atoms in total. The molecule has 0 fully saturated rings. The summed E-state index contributed by atoms with van der Waals surface area (Å²) in [6, 6.07) is 4.22. The lowest BCUT2D eigenvalue weighted by Crippen LogP contribution is -2.03. The Bertz CT molecular complexity index is 549. The Balaban J connectivity index is 2.93. The minimum atomic E-state index is 0.0677. The van der Waals surface area contributed by atoms with Crippen LogP contribution in [-0.2, 0) is 0 Å². The second-order valence-corrected chi connectivity index (χ2v) is 4.18. The van der Waals surface area contributed by atoms with Crippen molar-refractivity contribution in [2.75, 3.05) is 0 Å². The molecule has 0 aliphatic heterocycles. The quantitative estimate of drug-likeness (QED) is 0.641. The Morgan fingerprint density at radius 3 is 2.40 bits per heavy atom. The highest BCUT2D eigenvalue weighted by Crippen LogP contribution is 2.25. The van der Waals surface area contributed by atoms with Crippen LogP contribution in [-0.4, -0.2) is 10.5 Å². The Morgan fingerprint density at radius 1 is 1.13 bits per heavy atom. The van der Waals surface area contributed by atoms with E-state index in [4.69, 9.17) is 0 Å². The van der Waals surface area contributed by atoms with Crippen molar-refractivity contribution in [1.82, 2.24) is 4.57 Å². The zero-order valence-electron chi connectivity index (χ0n) is 9.59. The number of carbonyl (C=O) groups is 1. The van der Waals surface area contributed by atoms with Gasteiger partial charge in [-0.1, -0.05) is 6.07 Å². The van der Waals surface area contributed by atoms with Crippen molar-refractivity contribution in [2.45, 2.75) is 27.7 Å². The highest BCUT2D eigenvalue weighted by Gasteiger charge is 2.10. The van der Waals surface area contributed by atoms with Gasteiger partial charge < -0.3 is 0 Å². The van der Waals surface area contributed by atoms with Gasteiger partial charge >= 0.3 is 0 Å². The molecule has 0 aliphatic carbocycles. The van der Waals surface area contributed by atoms with Gasteiger partial charge in [-0.25, -0.2) is 0 Å². The average Bonchev–Trinajstić information content (AvgIpc) is 2.42. The number of aromatic nitrogens is 1. The molecule has 1 heterocycles. The van der Waals surface area contributed by atoms with Crippen molar-refractivity contribution >= 4 is 16.8 Å². The first-order valence-electron chi connectivity index (χ1n) is 5.10. The Hall–Kier alpha value is -1.57. The third-order valence-electron chi connectivity index (χ3n) is 2.77. The summed E-state index contributed by atoms with van der Waals surface area (Å²) in [6.45, 7) is 7.78. The molecule has 0 N–H and O–H groups in total. The van der Waals surface area contributed by atoms with Gasteiger partial charge in [-0.05, 0) is 43.5 Å². The number of aryl methyl sites for hydroxylation is 3. The van der Waals surface area contributed by atoms with Gasteiger partial charge in [0, 0.05) is 18.5 Å². The van der Waals surface area contributed by atoms with Crippen LogP contribution < -0.4 is 0 Å². The van der Waals surface area contributed by atoms with E-state index in [9.17, 15) is 4.79 Å². The SMILES string of the molecule is CC(=O)n1cc(C)c2c(C)cc(C)cc21. The first kappa shape index (κ1) is 9.97. The van der Waals surface area contributed by atoms with E-state index in [0.717, 1.165) is 11.1 Å². The summed E-state index contributed by atoms with van der Waals surface area (Å²) in [5, 5.41) is 1.20. The van der Waals surface area contributed by atoms with Crippen molar-refractivity contribution in [2.24, 2.45) is 0 Å². The van der Waals surface area contributed by atoms with E-state index in [2.05, 4.69) is 26.0 Å². The zero-order chi connectivity index (χ0) is 11.2. The van der Waals surface area contributed by atoms with Gasteiger partial charge in [0.2, 0.25) is 5.91 Å². The van der Waals surface area contributed by atoms with Crippen LogP contribution in [0.5, 0.6) is 0 Å². The van der Waals surface area contributed by atoms with E-state index in [-0.39, 0.29) is 5.91 Å². The first-order chi connectivity index (χ1) is 7.00. The lowest BCUT2D eigenvalue weighted by molar-refractivity contribution is 0.0941. The van der Waals surface area contributed by atoms with Gasteiger partial charge in [0.05, 0.1) is 5.52 Å². The second kappa shape index (κ2) is 3.23. The first-order valence-corrected chi connectivity index (χ1v) is 5.10. The normalized spacial score (nSPS) is 10.9.